The van der Waals surface area contributed by atoms with E-state index in [-0.39, 0.29) is 0 Å². The summed E-state index contributed by atoms with van der Waals surface area (Å²) in [6.07, 6.45) is 7.69. The maximum atomic E-state index is 6.24. The molecule has 1 aromatic heterocycles. The van der Waals surface area contributed by atoms with Gasteiger partial charge in [-0.1, -0.05) is 37.6 Å². The lowest BCUT2D eigenvalue weighted by Crippen LogP contribution is -2.44. The van der Waals surface area contributed by atoms with E-state index in [2.05, 4.69) is 61.3 Å². The molecule has 27 heavy (non-hydrogen) atoms. The molecule has 0 saturated carbocycles. The monoisotopic (exact) mass is 387 g/mol. The maximum absolute atomic E-state index is 6.24. The van der Waals surface area contributed by atoms with Crippen LogP contribution in [0.4, 0.5) is 5.69 Å². The van der Waals surface area contributed by atoms with Gasteiger partial charge in [0.05, 0.1) is 10.7 Å². The Bertz CT molecular complexity index is 650. The molecule has 0 aliphatic carbocycles. The molecule has 3 rings (SSSR count). The first-order valence-electron chi connectivity index (χ1n) is 9.71. The Morgan fingerprint density at radius 1 is 1.07 bits per heavy atom. The third-order valence-corrected chi connectivity index (χ3v) is 4.70. The Morgan fingerprint density at radius 2 is 1.67 bits per heavy atom. The molecule has 0 radical (unpaired) electrons. The zero-order chi connectivity index (χ0) is 20.1. The van der Waals surface area contributed by atoms with Crippen molar-refractivity contribution in [3.63, 3.8) is 0 Å². The van der Waals surface area contributed by atoms with E-state index in [0.29, 0.717) is 0 Å². The lowest BCUT2D eigenvalue weighted by molar-refractivity contribution is 0.313. The fraction of sp³-hybridized carbons (Fsp3) is 0.435. The molecule has 0 unspecified atom stereocenters. The van der Waals surface area contributed by atoms with Crippen LogP contribution in [0, 0.1) is 6.92 Å². The second kappa shape index (κ2) is 13.3. The molecule has 1 aromatic carbocycles. The number of likely N-dealkylation sites (N-methyl/N-ethyl adjacent to an activating group) is 1. The highest BCUT2D eigenvalue weighted by molar-refractivity contribution is 6.33. The van der Waals surface area contributed by atoms with Crippen molar-refractivity contribution in [1.29, 1.82) is 0 Å². The summed E-state index contributed by atoms with van der Waals surface area (Å²) in [5, 5.41) is 0.875. The molecule has 1 aliphatic heterocycles. The highest BCUT2D eigenvalue weighted by atomic mass is 35.5. The van der Waals surface area contributed by atoms with Gasteiger partial charge in [0.25, 0.3) is 0 Å². The van der Waals surface area contributed by atoms with Crippen LogP contribution in [0.15, 0.2) is 55.4 Å². The number of rotatable bonds is 3. The van der Waals surface area contributed by atoms with E-state index < -0.39 is 0 Å². The van der Waals surface area contributed by atoms with Gasteiger partial charge in [-0.25, -0.2) is 0 Å². The summed E-state index contributed by atoms with van der Waals surface area (Å²) in [6.45, 7) is 14.1. The zero-order valence-electron chi connectivity index (χ0n) is 17.3. The van der Waals surface area contributed by atoms with E-state index in [1.165, 1.54) is 16.8 Å². The minimum atomic E-state index is 0.875. The van der Waals surface area contributed by atoms with Crippen LogP contribution in [-0.2, 0) is 6.42 Å². The number of allylic oxidation sites excluding steroid dienone is 1. The van der Waals surface area contributed by atoms with Gasteiger partial charge in [-0.05, 0) is 62.2 Å². The summed E-state index contributed by atoms with van der Waals surface area (Å²) >= 11 is 6.24. The lowest BCUT2D eigenvalue weighted by atomic mass is 10.2. The van der Waals surface area contributed by atoms with Gasteiger partial charge in [-0.3, -0.25) is 4.98 Å². The van der Waals surface area contributed by atoms with Crippen LogP contribution < -0.4 is 4.90 Å². The van der Waals surface area contributed by atoms with Crippen LogP contribution in [0.2, 0.25) is 5.02 Å². The first-order chi connectivity index (χ1) is 13.0. The molecule has 1 saturated heterocycles. The van der Waals surface area contributed by atoms with Crippen molar-refractivity contribution >= 4 is 17.3 Å². The van der Waals surface area contributed by atoms with Crippen molar-refractivity contribution in [2.24, 2.45) is 0 Å². The van der Waals surface area contributed by atoms with Gasteiger partial charge in [-0.15, -0.1) is 6.58 Å². The minimum Gasteiger partial charge on any atom is -0.368 e. The van der Waals surface area contributed by atoms with Crippen LogP contribution >= 0.6 is 11.6 Å². The van der Waals surface area contributed by atoms with E-state index in [0.717, 1.165) is 44.0 Å². The number of halogens is 1. The number of aryl methyl sites for hydroxylation is 2. The van der Waals surface area contributed by atoms with Gasteiger partial charge in [0, 0.05) is 38.6 Å². The topological polar surface area (TPSA) is 19.4 Å². The molecule has 2 heterocycles. The van der Waals surface area contributed by atoms with Crippen LogP contribution in [0.1, 0.15) is 31.4 Å². The molecule has 0 atom stereocenters. The van der Waals surface area contributed by atoms with E-state index >= 15 is 0 Å². The molecule has 3 nitrogen and oxygen atoms in total. The van der Waals surface area contributed by atoms with E-state index in [1.54, 1.807) is 0 Å². The van der Waals surface area contributed by atoms with Crippen LogP contribution in [0.3, 0.4) is 0 Å². The minimum absolute atomic E-state index is 0.875. The number of piperazine rings is 1. The highest BCUT2D eigenvalue weighted by Gasteiger charge is 2.16. The Labute approximate surface area is 170 Å². The normalized spacial score (nSPS) is 13.7. The second-order valence-corrected chi connectivity index (χ2v) is 7.06. The van der Waals surface area contributed by atoms with Crippen LogP contribution in [0.25, 0.3) is 0 Å². The predicted octanol–water partition coefficient (Wildman–Crippen LogP) is 5.63. The smallest absolute Gasteiger partial charge is 0.0642 e. The SMILES string of the molecule is C=CCC.CCc1ccncc1.Cc1ccc(N2CCN(C)CC2)c(Cl)c1. The van der Waals surface area contributed by atoms with Crippen molar-refractivity contribution in [2.45, 2.75) is 33.6 Å². The summed E-state index contributed by atoms with van der Waals surface area (Å²) in [4.78, 5) is 8.60. The second-order valence-electron chi connectivity index (χ2n) is 6.65. The summed E-state index contributed by atoms with van der Waals surface area (Å²) in [5.74, 6) is 0. The van der Waals surface area contributed by atoms with Gasteiger partial charge < -0.3 is 9.80 Å². The van der Waals surface area contributed by atoms with Crippen molar-refractivity contribution in [1.82, 2.24) is 9.88 Å². The molecule has 0 spiro atoms. The van der Waals surface area contributed by atoms with E-state index in [1.807, 2.05) is 36.7 Å². The molecule has 1 fully saturated rings. The fourth-order valence-electron chi connectivity index (χ4n) is 2.53. The predicted molar refractivity (Wildman–Crippen MR) is 120 cm³/mol. The van der Waals surface area contributed by atoms with Crippen molar-refractivity contribution in [3.8, 4) is 0 Å². The van der Waals surface area contributed by atoms with Crippen LogP contribution in [-0.4, -0.2) is 43.1 Å². The molecule has 2 aromatic rings. The Morgan fingerprint density at radius 3 is 2.11 bits per heavy atom. The number of hydrogen-bond donors (Lipinski definition) is 0. The molecule has 0 amide bonds. The summed E-state index contributed by atoms with van der Waals surface area (Å²) in [5.41, 5.74) is 3.74. The average Bonchev–Trinajstić information content (AvgIpc) is 2.70. The van der Waals surface area contributed by atoms with E-state index in [4.69, 9.17) is 11.6 Å². The maximum Gasteiger partial charge on any atom is 0.0642 e. The molecule has 1 aliphatic rings. The number of nitrogens with zero attached hydrogens (tertiary/aromatic N) is 3. The number of hydrogen-bond acceptors (Lipinski definition) is 3. The summed E-state index contributed by atoms with van der Waals surface area (Å²) in [6, 6.07) is 10.3. The third-order valence-electron chi connectivity index (χ3n) is 4.39. The van der Waals surface area contributed by atoms with Crippen molar-refractivity contribution in [2.75, 3.05) is 38.1 Å². The van der Waals surface area contributed by atoms with Gasteiger partial charge >= 0.3 is 0 Å². The van der Waals surface area contributed by atoms with Gasteiger partial charge in [0.15, 0.2) is 0 Å². The molecule has 148 valence electrons. The summed E-state index contributed by atoms with van der Waals surface area (Å²) in [7, 11) is 2.16. The number of pyridine rings is 1. The average molecular weight is 388 g/mol. The first kappa shape index (κ1) is 23.2. The standard InChI is InChI=1S/C12H17ClN2.C7H9N.C4H8/c1-10-3-4-12(11(13)9-10)15-7-5-14(2)6-8-15;1-2-7-3-5-8-6-4-7;1-3-4-2/h3-4,9H,5-8H2,1-2H3;3-6H,2H2,1H3;3H,1,4H2,2H3. The fourth-order valence-corrected chi connectivity index (χ4v) is 2.89. The Balaban J connectivity index is 0.000000254. The first-order valence-corrected chi connectivity index (χ1v) is 10.1. The van der Waals surface area contributed by atoms with Crippen LogP contribution in [0.5, 0.6) is 0 Å². The highest BCUT2D eigenvalue weighted by Crippen LogP contribution is 2.27. The molecular weight excluding hydrogens is 354 g/mol. The van der Waals surface area contributed by atoms with Crippen molar-refractivity contribution in [3.05, 3.63) is 71.5 Å². The van der Waals surface area contributed by atoms with Crippen molar-refractivity contribution < 1.29 is 0 Å². The zero-order valence-corrected chi connectivity index (χ0v) is 18.0. The quantitative estimate of drug-likeness (QED) is 0.636. The molecule has 4 heteroatoms. The summed E-state index contributed by atoms with van der Waals surface area (Å²) < 4.78 is 0. The Hall–Kier alpha value is -1.84. The third kappa shape index (κ3) is 9.07. The molecular formula is C23H34ClN3. The lowest BCUT2D eigenvalue weighted by Gasteiger charge is -2.34. The number of benzene rings is 1. The molecule has 0 N–H and O–H groups in total. The number of anilines is 1. The largest absolute Gasteiger partial charge is 0.368 e. The van der Waals surface area contributed by atoms with Gasteiger partial charge in [-0.2, -0.15) is 0 Å². The van der Waals surface area contributed by atoms with E-state index in [9.17, 15) is 0 Å². The van der Waals surface area contributed by atoms with Gasteiger partial charge in [0.1, 0.15) is 0 Å². The number of aromatic nitrogens is 1. The van der Waals surface area contributed by atoms with Gasteiger partial charge in [0.2, 0.25) is 0 Å². The Kier molecular flexibility index (Phi) is 11.5. The molecule has 0 bridgehead atoms.